The van der Waals surface area contributed by atoms with Gasteiger partial charge in [-0.15, -0.1) is 0 Å². The van der Waals surface area contributed by atoms with Crippen molar-refractivity contribution in [3.63, 3.8) is 0 Å². The smallest absolute Gasteiger partial charge is 0.225 e. The minimum atomic E-state index is 0.254. The molecule has 1 saturated heterocycles. The van der Waals surface area contributed by atoms with Gasteiger partial charge in [-0.3, -0.25) is 9.79 Å². The molecule has 1 atom stereocenters. The van der Waals surface area contributed by atoms with Crippen LogP contribution in [0.2, 0.25) is 0 Å². The number of nitrogens with zero attached hydrogens (tertiary/aromatic N) is 2. The Bertz CT molecular complexity index is 670. The summed E-state index contributed by atoms with van der Waals surface area (Å²) in [5.41, 5.74) is 2.36. The molecule has 2 N–H and O–H groups in total. The maximum absolute atomic E-state index is 12.7. The molecule has 28 heavy (non-hydrogen) atoms. The third kappa shape index (κ3) is 5.71. The minimum Gasteiger partial charge on any atom is -0.380 e. The van der Waals surface area contributed by atoms with Crippen LogP contribution in [0.15, 0.2) is 29.3 Å². The molecule has 1 amide bonds. The Morgan fingerprint density at radius 2 is 2.00 bits per heavy atom. The van der Waals surface area contributed by atoms with Crippen molar-refractivity contribution in [2.75, 3.05) is 27.2 Å². The van der Waals surface area contributed by atoms with Crippen LogP contribution in [0.25, 0.3) is 0 Å². The van der Waals surface area contributed by atoms with E-state index < -0.39 is 0 Å². The van der Waals surface area contributed by atoms with E-state index in [2.05, 4.69) is 38.7 Å². The monoisotopic (exact) mass is 386 g/mol. The highest BCUT2D eigenvalue weighted by molar-refractivity contribution is 5.81. The molecule has 2 fully saturated rings. The average Bonchev–Trinajstić information content (AvgIpc) is 3.20. The Kier molecular flexibility index (Phi) is 7.71. The molecule has 0 bridgehead atoms. The second-order valence-electron chi connectivity index (χ2n) is 7.93. The Balaban J connectivity index is 1.46. The van der Waals surface area contributed by atoms with Crippen LogP contribution in [0.3, 0.4) is 0 Å². The van der Waals surface area contributed by atoms with Crippen molar-refractivity contribution in [2.45, 2.75) is 57.7 Å². The molecule has 1 aliphatic heterocycles. The Labute approximate surface area is 168 Å². The highest BCUT2D eigenvalue weighted by Crippen LogP contribution is 2.26. The van der Waals surface area contributed by atoms with Crippen LogP contribution in [0.5, 0.6) is 0 Å². The van der Waals surface area contributed by atoms with Gasteiger partial charge < -0.3 is 20.3 Å². The quantitative estimate of drug-likeness (QED) is 0.583. The van der Waals surface area contributed by atoms with Crippen LogP contribution in [-0.4, -0.2) is 50.1 Å². The van der Waals surface area contributed by atoms with Crippen LogP contribution in [0, 0.1) is 5.92 Å². The van der Waals surface area contributed by atoms with Crippen molar-refractivity contribution in [1.82, 2.24) is 15.5 Å². The molecule has 1 saturated carbocycles. The SMILES string of the molecule is CN=C(NCc1cccc(COC)c1)NC1CCN(C(=O)C2CCCCC2)C1. The van der Waals surface area contributed by atoms with Gasteiger partial charge in [0.25, 0.3) is 0 Å². The predicted octanol–water partition coefficient (Wildman–Crippen LogP) is 2.68. The molecule has 0 radical (unpaired) electrons. The van der Waals surface area contributed by atoms with Crippen LogP contribution >= 0.6 is 0 Å². The van der Waals surface area contributed by atoms with Crippen molar-refractivity contribution in [3.8, 4) is 0 Å². The molecule has 154 valence electrons. The van der Waals surface area contributed by atoms with E-state index in [-0.39, 0.29) is 12.0 Å². The zero-order valence-corrected chi connectivity index (χ0v) is 17.2. The van der Waals surface area contributed by atoms with Crippen LogP contribution in [0.1, 0.15) is 49.7 Å². The number of carbonyl (C=O) groups is 1. The molecule has 6 heteroatoms. The number of carbonyl (C=O) groups excluding carboxylic acids is 1. The molecule has 0 aromatic heterocycles. The fourth-order valence-corrected chi connectivity index (χ4v) is 4.26. The summed E-state index contributed by atoms with van der Waals surface area (Å²) < 4.78 is 5.20. The molecule has 0 spiro atoms. The number of hydrogen-bond acceptors (Lipinski definition) is 3. The number of nitrogens with one attached hydrogen (secondary N) is 2. The molecule has 1 unspecified atom stereocenters. The first kappa shape index (κ1) is 20.6. The van der Waals surface area contributed by atoms with Gasteiger partial charge in [-0.25, -0.2) is 0 Å². The second kappa shape index (κ2) is 10.5. The number of guanidine groups is 1. The topological polar surface area (TPSA) is 66.0 Å². The Morgan fingerprint density at radius 3 is 2.75 bits per heavy atom. The first-order chi connectivity index (χ1) is 13.7. The molecule has 3 rings (SSSR count). The number of hydrogen-bond donors (Lipinski definition) is 2. The number of benzene rings is 1. The number of amides is 1. The summed E-state index contributed by atoms with van der Waals surface area (Å²) in [4.78, 5) is 19.1. The highest BCUT2D eigenvalue weighted by Gasteiger charge is 2.31. The summed E-state index contributed by atoms with van der Waals surface area (Å²) in [5, 5.41) is 6.87. The number of ether oxygens (including phenoxy) is 1. The number of aliphatic imine (C=N–C) groups is 1. The van der Waals surface area contributed by atoms with Gasteiger partial charge in [0.1, 0.15) is 0 Å². The fraction of sp³-hybridized carbons (Fsp3) is 0.636. The molecular formula is C22H34N4O2. The third-order valence-corrected chi connectivity index (χ3v) is 5.78. The Morgan fingerprint density at radius 1 is 1.21 bits per heavy atom. The van der Waals surface area contributed by atoms with E-state index >= 15 is 0 Å². The van der Waals surface area contributed by atoms with Gasteiger partial charge >= 0.3 is 0 Å². The fourth-order valence-electron chi connectivity index (χ4n) is 4.26. The van der Waals surface area contributed by atoms with E-state index in [9.17, 15) is 4.79 Å². The van der Waals surface area contributed by atoms with E-state index in [0.29, 0.717) is 19.1 Å². The molecule has 2 aliphatic rings. The number of methoxy groups -OCH3 is 1. The lowest BCUT2D eigenvalue weighted by atomic mass is 9.88. The zero-order chi connectivity index (χ0) is 19.8. The van der Waals surface area contributed by atoms with Crippen molar-refractivity contribution in [1.29, 1.82) is 0 Å². The zero-order valence-electron chi connectivity index (χ0n) is 17.2. The molecular weight excluding hydrogens is 352 g/mol. The normalized spacial score (nSPS) is 21.0. The van der Waals surface area contributed by atoms with Gasteiger partial charge in [-0.2, -0.15) is 0 Å². The summed E-state index contributed by atoms with van der Waals surface area (Å²) >= 11 is 0. The van der Waals surface area contributed by atoms with Gasteiger partial charge in [0.05, 0.1) is 6.61 Å². The van der Waals surface area contributed by atoms with Gasteiger partial charge in [-0.1, -0.05) is 43.5 Å². The summed E-state index contributed by atoms with van der Waals surface area (Å²) in [5.74, 6) is 1.40. The molecule has 1 aromatic rings. The molecule has 1 aliphatic carbocycles. The first-order valence-corrected chi connectivity index (χ1v) is 10.5. The highest BCUT2D eigenvalue weighted by atomic mass is 16.5. The average molecular weight is 387 g/mol. The lowest BCUT2D eigenvalue weighted by Crippen LogP contribution is -2.45. The minimum absolute atomic E-state index is 0.254. The summed E-state index contributed by atoms with van der Waals surface area (Å²) in [6.07, 6.45) is 6.80. The molecule has 1 aromatic carbocycles. The van der Waals surface area contributed by atoms with E-state index in [0.717, 1.165) is 43.9 Å². The lowest BCUT2D eigenvalue weighted by molar-refractivity contribution is -0.135. The summed E-state index contributed by atoms with van der Waals surface area (Å²) in [7, 11) is 3.50. The van der Waals surface area contributed by atoms with E-state index in [1.54, 1.807) is 14.2 Å². The van der Waals surface area contributed by atoms with Gasteiger partial charge in [-0.05, 0) is 30.4 Å². The Hall–Kier alpha value is -2.08. The van der Waals surface area contributed by atoms with Gasteiger partial charge in [0.2, 0.25) is 5.91 Å². The van der Waals surface area contributed by atoms with E-state index in [1.807, 2.05) is 6.07 Å². The molecule has 6 nitrogen and oxygen atoms in total. The van der Waals surface area contributed by atoms with E-state index in [4.69, 9.17) is 4.74 Å². The summed E-state index contributed by atoms with van der Waals surface area (Å²) in [6, 6.07) is 8.62. The third-order valence-electron chi connectivity index (χ3n) is 5.78. The van der Waals surface area contributed by atoms with Crippen LogP contribution in [-0.2, 0) is 22.7 Å². The van der Waals surface area contributed by atoms with Crippen LogP contribution < -0.4 is 10.6 Å². The maximum atomic E-state index is 12.7. The van der Waals surface area contributed by atoms with Gasteiger partial charge in [0.15, 0.2) is 5.96 Å². The number of rotatable bonds is 6. The predicted molar refractivity (Wildman–Crippen MR) is 112 cm³/mol. The van der Waals surface area contributed by atoms with Crippen molar-refractivity contribution in [3.05, 3.63) is 35.4 Å². The largest absolute Gasteiger partial charge is 0.380 e. The van der Waals surface area contributed by atoms with Crippen molar-refractivity contribution in [2.24, 2.45) is 10.9 Å². The lowest BCUT2D eigenvalue weighted by Gasteiger charge is -2.26. The number of likely N-dealkylation sites (tertiary alicyclic amines) is 1. The first-order valence-electron chi connectivity index (χ1n) is 10.5. The maximum Gasteiger partial charge on any atom is 0.225 e. The molecule has 1 heterocycles. The van der Waals surface area contributed by atoms with Crippen molar-refractivity contribution < 1.29 is 9.53 Å². The second-order valence-corrected chi connectivity index (χ2v) is 7.93. The van der Waals surface area contributed by atoms with Crippen molar-refractivity contribution >= 4 is 11.9 Å². The van der Waals surface area contributed by atoms with E-state index in [1.165, 1.54) is 24.8 Å². The van der Waals surface area contributed by atoms with Crippen LogP contribution in [0.4, 0.5) is 0 Å². The summed E-state index contributed by atoms with van der Waals surface area (Å²) in [6.45, 7) is 2.95. The standard InChI is InChI=1S/C22H34N4O2/c1-23-22(24-14-17-7-6-8-18(13-17)16-28-2)25-20-11-12-26(15-20)21(27)19-9-4-3-5-10-19/h6-8,13,19-20H,3-5,9-12,14-16H2,1-2H3,(H2,23,24,25). The van der Waals surface area contributed by atoms with Gasteiger partial charge in [0, 0.05) is 45.8 Å².